The highest BCUT2D eigenvalue weighted by Gasteiger charge is 2.08. The first-order valence-electron chi connectivity index (χ1n) is 6.39. The number of rotatable bonds is 7. The van der Waals surface area contributed by atoms with Crippen molar-refractivity contribution in [2.45, 2.75) is 12.4 Å². The number of hydrogen-bond acceptors (Lipinski definition) is 7. The van der Waals surface area contributed by atoms with Gasteiger partial charge >= 0.3 is 0 Å². The molecule has 0 aliphatic carbocycles. The van der Waals surface area contributed by atoms with Gasteiger partial charge in [0.1, 0.15) is 11.6 Å². The van der Waals surface area contributed by atoms with Gasteiger partial charge in [-0.05, 0) is 17.7 Å². The van der Waals surface area contributed by atoms with Crippen LogP contribution in [0.25, 0.3) is 0 Å². The molecule has 1 aromatic carbocycles. The van der Waals surface area contributed by atoms with Gasteiger partial charge in [-0.1, -0.05) is 23.5 Å². The smallest absolute Gasteiger partial charge is 0.236 e. The van der Waals surface area contributed by atoms with E-state index in [-0.39, 0.29) is 5.91 Å². The van der Waals surface area contributed by atoms with Gasteiger partial charge in [-0.15, -0.1) is 22.0 Å². The molecule has 0 saturated carbocycles. The fraction of sp³-hybridized carbons (Fsp3) is 0.286. The van der Waals surface area contributed by atoms with Gasteiger partial charge in [0.05, 0.1) is 17.4 Å². The van der Waals surface area contributed by atoms with Crippen LogP contribution in [0.4, 0.5) is 5.13 Å². The van der Waals surface area contributed by atoms with Crippen LogP contribution < -0.4 is 5.32 Å². The average Bonchev–Trinajstić information content (AvgIpc) is 2.95. The molecule has 0 atom stereocenters. The first-order valence-corrected chi connectivity index (χ1v) is 8.36. The van der Waals surface area contributed by atoms with Gasteiger partial charge in [0.15, 0.2) is 0 Å². The summed E-state index contributed by atoms with van der Waals surface area (Å²) in [6.45, 7) is 0.386. The van der Waals surface area contributed by atoms with Crippen molar-refractivity contribution in [3.63, 3.8) is 0 Å². The monoisotopic (exact) mass is 334 g/mol. The minimum Gasteiger partial charge on any atom is -0.377 e. The molecule has 1 N–H and O–H groups in total. The summed E-state index contributed by atoms with van der Waals surface area (Å²) in [4.78, 5) is 11.8. The number of amides is 1. The molecule has 2 rings (SSSR count). The Labute approximate surface area is 136 Å². The number of methoxy groups -OCH3 is 1. The molecule has 0 saturated heterocycles. The molecule has 1 aromatic heterocycles. The van der Waals surface area contributed by atoms with Gasteiger partial charge in [0, 0.05) is 12.9 Å². The normalized spacial score (nSPS) is 10.2. The summed E-state index contributed by atoms with van der Waals surface area (Å²) in [5.41, 5.74) is 1.65. The maximum Gasteiger partial charge on any atom is 0.236 e. The largest absolute Gasteiger partial charge is 0.377 e. The Morgan fingerprint density at radius 2 is 2.36 bits per heavy atom. The van der Waals surface area contributed by atoms with E-state index in [0.29, 0.717) is 28.8 Å². The van der Waals surface area contributed by atoms with E-state index in [9.17, 15) is 4.79 Å². The van der Waals surface area contributed by atoms with E-state index in [1.165, 1.54) is 23.1 Å². The second-order valence-corrected chi connectivity index (χ2v) is 6.33. The molecular formula is C14H14N4O2S2. The van der Waals surface area contributed by atoms with E-state index < -0.39 is 0 Å². The van der Waals surface area contributed by atoms with Gasteiger partial charge in [0.25, 0.3) is 0 Å². The summed E-state index contributed by atoms with van der Waals surface area (Å²) in [7, 11) is 1.58. The number of ether oxygens (including phenoxy) is 1. The van der Waals surface area contributed by atoms with E-state index in [0.717, 1.165) is 10.6 Å². The van der Waals surface area contributed by atoms with Crippen LogP contribution in [-0.4, -0.2) is 29.0 Å². The lowest BCUT2D eigenvalue weighted by Crippen LogP contribution is -2.14. The topological polar surface area (TPSA) is 87.9 Å². The summed E-state index contributed by atoms with van der Waals surface area (Å²) in [5.74, 6) is 0.866. The van der Waals surface area contributed by atoms with Crippen LogP contribution in [0.3, 0.4) is 0 Å². The quantitative estimate of drug-likeness (QED) is 0.836. The number of aromatic nitrogens is 2. The minimum atomic E-state index is -0.124. The lowest BCUT2D eigenvalue weighted by Gasteiger charge is -2.02. The second kappa shape index (κ2) is 8.48. The highest BCUT2D eigenvalue weighted by atomic mass is 32.2. The van der Waals surface area contributed by atoms with Gasteiger partial charge in [0.2, 0.25) is 11.0 Å². The maximum absolute atomic E-state index is 11.8. The third kappa shape index (κ3) is 5.11. The van der Waals surface area contributed by atoms with Crippen molar-refractivity contribution in [1.82, 2.24) is 10.2 Å². The van der Waals surface area contributed by atoms with E-state index in [1.54, 1.807) is 13.2 Å². The molecule has 8 heteroatoms. The van der Waals surface area contributed by atoms with Crippen LogP contribution in [0.5, 0.6) is 0 Å². The van der Waals surface area contributed by atoms with Crippen molar-refractivity contribution < 1.29 is 9.53 Å². The van der Waals surface area contributed by atoms with Crippen molar-refractivity contribution in [1.29, 1.82) is 5.26 Å². The molecule has 0 unspecified atom stereocenters. The van der Waals surface area contributed by atoms with Gasteiger partial charge in [-0.3, -0.25) is 10.1 Å². The van der Waals surface area contributed by atoms with E-state index in [4.69, 9.17) is 10.00 Å². The molecule has 0 spiro atoms. The van der Waals surface area contributed by atoms with Crippen LogP contribution in [0, 0.1) is 11.3 Å². The zero-order chi connectivity index (χ0) is 15.8. The minimum absolute atomic E-state index is 0.124. The number of benzene rings is 1. The molecule has 0 aliphatic heterocycles. The van der Waals surface area contributed by atoms with Crippen molar-refractivity contribution in [2.24, 2.45) is 0 Å². The predicted octanol–water partition coefficient (Wildman–Crippen LogP) is 2.43. The number of hydrogen-bond donors (Lipinski definition) is 1. The predicted molar refractivity (Wildman–Crippen MR) is 86.6 cm³/mol. The molecule has 0 radical (unpaired) electrons. The van der Waals surface area contributed by atoms with Gasteiger partial charge in [-0.25, -0.2) is 0 Å². The van der Waals surface area contributed by atoms with Crippen LogP contribution in [0.2, 0.25) is 0 Å². The third-order valence-corrected chi connectivity index (χ3v) is 4.35. The van der Waals surface area contributed by atoms with Crippen molar-refractivity contribution >= 4 is 34.1 Å². The Balaban J connectivity index is 1.76. The Morgan fingerprint density at radius 3 is 3.14 bits per heavy atom. The lowest BCUT2D eigenvalue weighted by molar-refractivity contribution is -0.113. The van der Waals surface area contributed by atoms with E-state index in [1.807, 2.05) is 18.2 Å². The molecule has 0 bridgehead atoms. The van der Waals surface area contributed by atoms with Crippen molar-refractivity contribution in [3.8, 4) is 6.07 Å². The molecule has 1 amide bonds. The van der Waals surface area contributed by atoms with E-state index >= 15 is 0 Å². The molecule has 22 heavy (non-hydrogen) atoms. The Hall–Kier alpha value is -1.95. The van der Waals surface area contributed by atoms with Crippen molar-refractivity contribution in [3.05, 3.63) is 40.4 Å². The Bertz CT molecular complexity index is 681. The molecule has 0 fully saturated rings. The second-order valence-electron chi connectivity index (χ2n) is 4.29. The Kier molecular flexibility index (Phi) is 6.33. The molecule has 1 heterocycles. The fourth-order valence-corrected chi connectivity index (χ4v) is 3.14. The molecule has 0 aliphatic rings. The third-order valence-electron chi connectivity index (χ3n) is 2.54. The number of nitrogens with zero attached hydrogens (tertiary/aromatic N) is 3. The van der Waals surface area contributed by atoms with Crippen molar-refractivity contribution in [2.75, 3.05) is 18.2 Å². The molecular weight excluding hydrogens is 320 g/mol. The highest BCUT2D eigenvalue weighted by Crippen LogP contribution is 2.17. The summed E-state index contributed by atoms with van der Waals surface area (Å²) < 4.78 is 4.95. The van der Waals surface area contributed by atoms with Gasteiger partial charge < -0.3 is 4.74 Å². The summed E-state index contributed by atoms with van der Waals surface area (Å²) in [6.07, 6.45) is 0. The zero-order valence-electron chi connectivity index (χ0n) is 11.9. The van der Waals surface area contributed by atoms with Crippen LogP contribution >= 0.6 is 23.1 Å². The molecule has 114 valence electrons. The fourth-order valence-electron chi connectivity index (χ4n) is 1.63. The Morgan fingerprint density at radius 1 is 1.50 bits per heavy atom. The van der Waals surface area contributed by atoms with Crippen LogP contribution in [0.1, 0.15) is 16.1 Å². The number of anilines is 1. The zero-order valence-corrected chi connectivity index (χ0v) is 13.5. The van der Waals surface area contributed by atoms with E-state index in [2.05, 4.69) is 21.6 Å². The van der Waals surface area contributed by atoms with Crippen LogP contribution in [-0.2, 0) is 21.9 Å². The number of nitriles is 1. The lowest BCUT2D eigenvalue weighted by atomic mass is 10.2. The standard InChI is InChI=1S/C14H14N4O2S2/c1-20-7-13-17-18-14(22-13)16-12(19)9-21-8-11-4-2-3-10(5-11)6-15/h2-5H,7-9H2,1H3,(H,16,18,19). The first-order chi connectivity index (χ1) is 10.7. The average molecular weight is 334 g/mol. The number of thioether (sulfide) groups is 1. The summed E-state index contributed by atoms with van der Waals surface area (Å²) in [6, 6.07) is 9.46. The maximum atomic E-state index is 11.8. The van der Waals surface area contributed by atoms with Gasteiger partial charge in [-0.2, -0.15) is 5.26 Å². The molecule has 6 nitrogen and oxygen atoms in total. The number of nitrogens with one attached hydrogen (secondary N) is 1. The number of carbonyl (C=O) groups is 1. The highest BCUT2D eigenvalue weighted by molar-refractivity contribution is 7.99. The molecule has 2 aromatic rings. The number of carbonyl (C=O) groups excluding carboxylic acids is 1. The van der Waals surface area contributed by atoms with Crippen LogP contribution in [0.15, 0.2) is 24.3 Å². The first kappa shape index (κ1) is 16.4. The summed E-state index contributed by atoms with van der Waals surface area (Å²) in [5, 5.41) is 20.5. The summed E-state index contributed by atoms with van der Waals surface area (Å²) >= 11 is 2.78. The SMILES string of the molecule is COCc1nnc(NC(=O)CSCc2cccc(C#N)c2)s1.